The maximum Gasteiger partial charge on any atom is 0.217 e. The van der Waals surface area contributed by atoms with Crippen molar-refractivity contribution >= 4 is 5.91 Å². The molecule has 11 heteroatoms. The topological polar surface area (TPSA) is 170 Å². The Labute approximate surface area is 156 Å². The van der Waals surface area contributed by atoms with Crippen LogP contribution in [0.15, 0.2) is 10.6 Å². The van der Waals surface area contributed by atoms with Gasteiger partial charge in [0.05, 0.1) is 39.1 Å². The lowest BCUT2D eigenvalue weighted by molar-refractivity contribution is -0.201. The first kappa shape index (κ1) is 21.7. The molecule has 1 aliphatic rings. The standard InChI is InChI=1S/C16H27N3O8/c1-9(21)18-13-15(23)14(22)12(7-20)26-16(13)11-6-10(19-27-11)8-25-5-4-24-3-2-17/h6,12-16,20,22-23H,2-5,7-8,17H2,1H3,(H,18,21)/t12-,13-,14+,15-,16-/m1/s1. The summed E-state index contributed by atoms with van der Waals surface area (Å²) in [6, 6.07) is 0.602. The van der Waals surface area contributed by atoms with Crippen molar-refractivity contribution < 1.29 is 38.8 Å². The number of nitrogens with one attached hydrogen (secondary N) is 1. The van der Waals surface area contributed by atoms with Gasteiger partial charge in [0, 0.05) is 19.5 Å². The summed E-state index contributed by atoms with van der Waals surface area (Å²) in [5.41, 5.74) is 5.79. The number of hydrogen-bond acceptors (Lipinski definition) is 10. The number of amides is 1. The van der Waals surface area contributed by atoms with Gasteiger partial charge in [0.15, 0.2) is 5.76 Å². The molecule has 154 valence electrons. The van der Waals surface area contributed by atoms with Gasteiger partial charge < -0.3 is 45.1 Å². The van der Waals surface area contributed by atoms with E-state index in [1.165, 1.54) is 6.92 Å². The van der Waals surface area contributed by atoms with E-state index in [0.717, 1.165) is 0 Å². The lowest BCUT2D eigenvalue weighted by atomic mass is 9.91. The molecule has 0 aliphatic carbocycles. The predicted molar refractivity (Wildman–Crippen MR) is 90.4 cm³/mol. The van der Waals surface area contributed by atoms with Gasteiger partial charge in [-0.3, -0.25) is 4.79 Å². The van der Waals surface area contributed by atoms with Crippen molar-refractivity contribution in [3.8, 4) is 0 Å². The van der Waals surface area contributed by atoms with Crippen LogP contribution in [0.5, 0.6) is 0 Å². The monoisotopic (exact) mass is 389 g/mol. The van der Waals surface area contributed by atoms with Crippen LogP contribution >= 0.6 is 0 Å². The van der Waals surface area contributed by atoms with Crippen molar-refractivity contribution in [2.45, 2.75) is 44.0 Å². The van der Waals surface area contributed by atoms with Crippen molar-refractivity contribution in [1.82, 2.24) is 10.5 Å². The molecule has 1 aromatic heterocycles. The maximum atomic E-state index is 11.5. The molecule has 1 aromatic rings. The molecular weight excluding hydrogens is 362 g/mol. The summed E-state index contributed by atoms with van der Waals surface area (Å²) in [4.78, 5) is 11.5. The SMILES string of the molecule is CC(=O)N[C@@H]1[C@@H](O)[C@@H](O)[C@@H](CO)O[C@@H]1c1cc(COCCOCCN)no1. The summed E-state index contributed by atoms with van der Waals surface area (Å²) in [5.74, 6) is -0.181. The van der Waals surface area contributed by atoms with Gasteiger partial charge in [-0.1, -0.05) is 5.16 Å². The molecule has 0 unspecified atom stereocenters. The molecule has 2 rings (SSSR count). The zero-order valence-corrected chi connectivity index (χ0v) is 15.1. The van der Waals surface area contributed by atoms with Gasteiger partial charge in [-0.2, -0.15) is 0 Å². The van der Waals surface area contributed by atoms with E-state index >= 15 is 0 Å². The third-order valence-electron chi connectivity index (χ3n) is 4.04. The summed E-state index contributed by atoms with van der Waals surface area (Å²) in [6.07, 6.45) is -4.67. The van der Waals surface area contributed by atoms with E-state index < -0.39 is 43.0 Å². The second-order valence-corrected chi connectivity index (χ2v) is 6.16. The molecule has 0 aromatic carbocycles. The minimum atomic E-state index is -1.36. The number of rotatable bonds is 10. The van der Waals surface area contributed by atoms with E-state index in [0.29, 0.717) is 32.1 Å². The van der Waals surface area contributed by atoms with Crippen molar-refractivity contribution in [2.24, 2.45) is 5.73 Å². The third-order valence-corrected chi connectivity index (χ3v) is 4.04. The molecule has 1 fully saturated rings. The molecule has 2 heterocycles. The van der Waals surface area contributed by atoms with E-state index in [-0.39, 0.29) is 12.4 Å². The van der Waals surface area contributed by atoms with Gasteiger partial charge >= 0.3 is 0 Å². The number of nitrogens with two attached hydrogens (primary N) is 1. The van der Waals surface area contributed by atoms with E-state index in [1.54, 1.807) is 6.07 Å². The Kier molecular flexibility index (Phi) is 8.57. The van der Waals surface area contributed by atoms with Crippen LogP contribution < -0.4 is 11.1 Å². The van der Waals surface area contributed by atoms with Crippen molar-refractivity contribution in [2.75, 3.05) is 33.0 Å². The first-order valence-electron chi connectivity index (χ1n) is 8.68. The van der Waals surface area contributed by atoms with Gasteiger partial charge in [0.25, 0.3) is 0 Å². The van der Waals surface area contributed by atoms with E-state index in [9.17, 15) is 20.1 Å². The maximum absolute atomic E-state index is 11.5. The summed E-state index contributed by atoms with van der Waals surface area (Å²) in [7, 11) is 0. The first-order valence-corrected chi connectivity index (χ1v) is 8.68. The molecule has 0 saturated carbocycles. The summed E-state index contributed by atoms with van der Waals surface area (Å²) in [6.45, 7) is 2.60. The van der Waals surface area contributed by atoms with E-state index in [4.69, 9.17) is 24.5 Å². The second kappa shape index (κ2) is 10.7. The Morgan fingerprint density at radius 3 is 2.70 bits per heavy atom. The van der Waals surface area contributed by atoms with Crippen molar-refractivity contribution in [3.05, 3.63) is 17.5 Å². The first-order chi connectivity index (χ1) is 13.0. The van der Waals surface area contributed by atoms with Gasteiger partial charge in [-0.25, -0.2) is 0 Å². The molecule has 1 amide bonds. The fourth-order valence-electron chi connectivity index (χ4n) is 2.77. The lowest BCUT2D eigenvalue weighted by Crippen LogP contribution is -2.60. The molecule has 6 N–H and O–H groups in total. The highest BCUT2D eigenvalue weighted by molar-refractivity contribution is 5.73. The molecule has 5 atom stereocenters. The average molecular weight is 389 g/mol. The number of aromatic nitrogens is 1. The smallest absolute Gasteiger partial charge is 0.217 e. The van der Waals surface area contributed by atoms with Crippen LogP contribution in [0.25, 0.3) is 0 Å². The molecular formula is C16H27N3O8. The van der Waals surface area contributed by atoms with Crippen LogP contribution in [-0.4, -0.2) is 83.7 Å². The molecule has 0 bridgehead atoms. The average Bonchev–Trinajstić information content (AvgIpc) is 3.10. The van der Waals surface area contributed by atoms with Crippen LogP contribution in [-0.2, 0) is 25.6 Å². The highest BCUT2D eigenvalue weighted by Gasteiger charge is 2.46. The van der Waals surface area contributed by atoms with Crippen LogP contribution in [0.3, 0.4) is 0 Å². The summed E-state index contributed by atoms with van der Waals surface area (Å²) in [5, 5.41) is 36.1. The minimum absolute atomic E-state index is 0.168. The molecule has 1 saturated heterocycles. The highest BCUT2D eigenvalue weighted by Crippen LogP contribution is 2.32. The molecule has 27 heavy (non-hydrogen) atoms. The molecule has 11 nitrogen and oxygen atoms in total. The zero-order valence-electron chi connectivity index (χ0n) is 15.1. The largest absolute Gasteiger partial charge is 0.394 e. The van der Waals surface area contributed by atoms with E-state index in [1.807, 2.05) is 0 Å². The van der Waals surface area contributed by atoms with Gasteiger partial charge in [0.1, 0.15) is 30.1 Å². The zero-order chi connectivity index (χ0) is 19.8. The molecule has 1 aliphatic heterocycles. The number of carbonyl (C=O) groups excluding carboxylic acids is 1. The summed E-state index contributed by atoms with van der Waals surface area (Å²) >= 11 is 0. The van der Waals surface area contributed by atoms with Crippen molar-refractivity contribution in [1.29, 1.82) is 0 Å². The highest BCUT2D eigenvalue weighted by atomic mass is 16.6. The third kappa shape index (κ3) is 5.94. The van der Waals surface area contributed by atoms with Crippen LogP contribution in [0.2, 0.25) is 0 Å². The Morgan fingerprint density at radius 1 is 1.30 bits per heavy atom. The number of aliphatic hydroxyl groups is 3. The Bertz CT molecular complexity index is 584. The van der Waals surface area contributed by atoms with Crippen molar-refractivity contribution in [3.63, 3.8) is 0 Å². The fraction of sp³-hybridized carbons (Fsp3) is 0.750. The number of nitrogens with zero attached hydrogens (tertiary/aromatic N) is 1. The van der Waals surface area contributed by atoms with Gasteiger partial charge in [-0.05, 0) is 0 Å². The normalized spacial score (nSPS) is 28.3. The van der Waals surface area contributed by atoms with Gasteiger partial charge in [-0.15, -0.1) is 0 Å². The van der Waals surface area contributed by atoms with Crippen LogP contribution in [0.1, 0.15) is 24.5 Å². The quantitative estimate of drug-likeness (QED) is 0.277. The number of ether oxygens (including phenoxy) is 3. The number of aliphatic hydroxyl groups excluding tert-OH is 3. The Balaban J connectivity index is 2.00. The minimum Gasteiger partial charge on any atom is -0.394 e. The Morgan fingerprint density at radius 2 is 2.04 bits per heavy atom. The van der Waals surface area contributed by atoms with E-state index in [2.05, 4.69) is 10.5 Å². The lowest BCUT2D eigenvalue weighted by Gasteiger charge is -2.41. The van der Waals surface area contributed by atoms with Gasteiger partial charge in [0.2, 0.25) is 5.91 Å². The molecule has 0 spiro atoms. The summed E-state index contributed by atoms with van der Waals surface area (Å²) < 4.78 is 21.5. The predicted octanol–water partition coefficient (Wildman–Crippen LogP) is -2.17. The number of carbonyl (C=O) groups is 1. The number of hydrogen-bond donors (Lipinski definition) is 5. The van der Waals surface area contributed by atoms with Crippen LogP contribution in [0, 0.1) is 0 Å². The molecule has 0 radical (unpaired) electrons. The second-order valence-electron chi connectivity index (χ2n) is 6.16. The fourth-order valence-corrected chi connectivity index (χ4v) is 2.77. The Hall–Kier alpha value is -1.60. The van der Waals surface area contributed by atoms with Crippen LogP contribution in [0.4, 0.5) is 0 Å².